The zero-order chi connectivity index (χ0) is 25.5. The Bertz CT molecular complexity index is 1150. The smallest absolute Gasteiger partial charge is 0.254 e. The number of nitrogens with zero attached hydrogens (tertiary/aromatic N) is 3. The van der Waals surface area contributed by atoms with Crippen molar-refractivity contribution in [2.45, 2.75) is 24.8 Å². The first-order valence-corrected chi connectivity index (χ1v) is 12.2. The first kappa shape index (κ1) is 25.3. The molecule has 0 aromatic heterocycles. The van der Waals surface area contributed by atoms with Crippen LogP contribution >= 0.6 is 0 Å². The van der Waals surface area contributed by atoms with Crippen molar-refractivity contribution in [2.24, 2.45) is 0 Å². The Morgan fingerprint density at radius 1 is 0.944 bits per heavy atom. The summed E-state index contributed by atoms with van der Waals surface area (Å²) in [5.74, 6) is 1.57. The molecular weight excluding hydrogens is 450 g/mol. The van der Waals surface area contributed by atoms with Crippen molar-refractivity contribution in [1.29, 1.82) is 5.26 Å². The van der Waals surface area contributed by atoms with E-state index in [2.05, 4.69) is 29.2 Å². The Hall–Kier alpha value is -3.82. The van der Waals surface area contributed by atoms with Crippen LogP contribution in [0, 0.1) is 11.3 Å². The van der Waals surface area contributed by atoms with Gasteiger partial charge in [-0.15, -0.1) is 0 Å². The van der Waals surface area contributed by atoms with Crippen LogP contribution in [-0.4, -0.2) is 56.6 Å². The van der Waals surface area contributed by atoms with E-state index in [1.54, 1.807) is 21.3 Å². The average Bonchev–Trinajstić information content (AvgIpc) is 2.93. The van der Waals surface area contributed by atoms with Gasteiger partial charge in [-0.05, 0) is 72.5 Å². The van der Waals surface area contributed by atoms with Crippen LogP contribution < -0.4 is 9.47 Å². The highest BCUT2D eigenvalue weighted by atomic mass is 16.5. The van der Waals surface area contributed by atoms with E-state index in [9.17, 15) is 4.79 Å². The lowest BCUT2D eigenvalue weighted by atomic mass is 9.69. The fourth-order valence-electron chi connectivity index (χ4n) is 5.15. The summed E-state index contributed by atoms with van der Waals surface area (Å²) >= 11 is 0. The van der Waals surface area contributed by atoms with Crippen molar-refractivity contribution >= 4 is 5.91 Å². The molecule has 0 N–H and O–H groups in total. The zero-order valence-corrected chi connectivity index (χ0v) is 21.2. The molecule has 0 bridgehead atoms. The fraction of sp³-hybridized carbons (Fsp3) is 0.333. The van der Waals surface area contributed by atoms with Crippen LogP contribution in [0.1, 0.15) is 39.9 Å². The largest absolute Gasteiger partial charge is 0.497 e. The fourth-order valence-corrected chi connectivity index (χ4v) is 5.15. The average molecular weight is 484 g/mol. The maximum atomic E-state index is 12.5. The highest BCUT2D eigenvalue weighted by Gasteiger charge is 2.38. The van der Waals surface area contributed by atoms with Gasteiger partial charge in [0, 0.05) is 31.1 Å². The van der Waals surface area contributed by atoms with Crippen molar-refractivity contribution < 1.29 is 14.3 Å². The van der Waals surface area contributed by atoms with Crippen LogP contribution in [-0.2, 0) is 12.0 Å². The minimum absolute atomic E-state index is 0.0766. The second-order valence-corrected chi connectivity index (χ2v) is 9.37. The maximum absolute atomic E-state index is 12.5. The van der Waals surface area contributed by atoms with Crippen LogP contribution in [0.2, 0.25) is 0 Å². The van der Waals surface area contributed by atoms with Gasteiger partial charge in [-0.2, -0.15) is 5.26 Å². The quantitative estimate of drug-likeness (QED) is 0.427. The van der Waals surface area contributed by atoms with E-state index in [1.807, 2.05) is 54.6 Å². The van der Waals surface area contributed by atoms with Crippen LogP contribution in [0.3, 0.4) is 0 Å². The number of hydrogen-bond donors (Lipinski definition) is 0. The minimum atomic E-state index is -0.146. The third-order valence-corrected chi connectivity index (χ3v) is 7.12. The van der Waals surface area contributed by atoms with E-state index in [0.717, 1.165) is 49.5 Å². The van der Waals surface area contributed by atoms with Crippen molar-refractivity contribution in [3.05, 3.63) is 95.1 Å². The predicted octanol–water partition coefficient (Wildman–Crippen LogP) is 4.88. The second kappa shape index (κ2) is 11.3. The van der Waals surface area contributed by atoms with Crippen LogP contribution in [0.15, 0.2) is 72.8 Å². The molecule has 1 aliphatic heterocycles. The molecular formula is C30H33N3O3. The van der Waals surface area contributed by atoms with E-state index in [-0.39, 0.29) is 17.9 Å². The van der Waals surface area contributed by atoms with Gasteiger partial charge in [-0.25, -0.2) is 0 Å². The summed E-state index contributed by atoms with van der Waals surface area (Å²) in [6.45, 7) is 2.78. The van der Waals surface area contributed by atoms with Gasteiger partial charge in [0.25, 0.3) is 5.91 Å². The van der Waals surface area contributed by atoms with Gasteiger partial charge in [0.05, 0.1) is 20.3 Å². The van der Waals surface area contributed by atoms with Gasteiger partial charge in [0.2, 0.25) is 0 Å². The summed E-state index contributed by atoms with van der Waals surface area (Å²) in [5.41, 5.74) is 4.17. The topological polar surface area (TPSA) is 65.8 Å². The summed E-state index contributed by atoms with van der Waals surface area (Å²) < 4.78 is 10.8. The van der Waals surface area contributed by atoms with Gasteiger partial charge >= 0.3 is 0 Å². The molecule has 1 fully saturated rings. The van der Waals surface area contributed by atoms with Crippen molar-refractivity contribution in [2.75, 3.05) is 40.9 Å². The zero-order valence-electron chi connectivity index (χ0n) is 21.2. The molecule has 6 nitrogen and oxygen atoms in total. The number of rotatable bonds is 8. The Balaban J connectivity index is 1.58. The van der Waals surface area contributed by atoms with E-state index in [1.165, 1.54) is 16.0 Å². The summed E-state index contributed by atoms with van der Waals surface area (Å²) in [5, 5.41) is 8.86. The molecule has 0 unspecified atom stereocenters. The molecule has 0 radical (unpaired) electrons. The lowest BCUT2D eigenvalue weighted by Crippen LogP contribution is -2.46. The number of ether oxygens (including phenoxy) is 2. The Labute approximate surface area is 213 Å². The first-order valence-electron chi connectivity index (χ1n) is 12.2. The molecule has 0 saturated carbocycles. The van der Waals surface area contributed by atoms with Gasteiger partial charge < -0.3 is 14.4 Å². The summed E-state index contributed by atoms with van der Waals surface area (Å²) in [6.07, 6.45) is 2.13. The van der Waals surface area contributed by atoms with E-state index >= 15 is 0 Å². The minimum Gasteiger partial charge on any atom is -0.497 e. The molecule has 0 spiro atoms. The van der Waals surface area contributed by atoms with E-state index in [4.69, 9.17) is 14.7 Å². The number of likely N-dealkylation sites (tertiary alicyclic amines) is 1. The molecule has 1 saturated heterocycles. The van der Waals surface area contributed by atoms with Crippen molar-refractivity contribution in [3.63, 3.8) is 0 Å². The Kier molecular flexibility index (Phi) is 7.92. The van der Waals surface area contributed by atoms with Gasteiger partial charge in [0.15, 0.2) is 0 Å². The van der Waals surface area contributed by atoms with Crippen LogP contribution in [0.4, 0.5) is 0 Å². The Morgan fingerprint density at radius 3 is 2.00 bits per heavy atom. The highest BCUT2D eigenvalue weighted by Crippen LogP contribution is 2.41. The van der Waals surface area contributed by atoms with Gasteiger partial charge in [-0.1, -0.05) is 36.4 Å². The third-order valence-electron chi connectivity index (χ3n) is 7.12. The number of hydrogen-bond acceptors (Lipinski definition) is 5. The molecule has 186 valence electrons. The molecule has 0 atom stereocenters. The number of amides is 1. The molecule has 1 amide bonds. The predicted molar refractivity (Wildman–Crippen MR) is 140 cm³/mol. The Morgan fingerprint density at radius 2 is 1.50 bits per heavy atom. The monoisotopic (exact) mass is 483 g/mol. The van der Waals surface area contributed by atoms with Crippen LogP contribution in [0.25, 0.3) is 0 Å². The maximum Gasteiger partial charge on any atom is 0.254 e. The normalized spacial score (nSPS) is 15.1. The molecule has 36 heavy (non-hydrogen) atoms. The van der Waals surface area contributed by atoms with E-state index < -0.39 is 0 Å². The molecule has 1 heterocycles. The summed E-state index contributed by atoms with van der Waals surface area (Å²) in [7, 11) is 5.03. The highest BCUT2D eigenvalue weighted by molar-refractivity contribution is 5.94. The summed E-state index contributed by atoms with van der Waals surface area (Å²) in [6, 6.07) is 26.7. The van der Waals surface area contributed by atoms with Gasteiger partial charge in [-0.3, -0.25) is 9.69 Å². The molecule has 6 heteroatoms. The second-order valence-electron chi connectivity index (χ2n) is 9.37. The number of methoxy groups -OCH3 is 2. The number of carbonyl (C=O) groups excluding carboxylic acids is 1. The molecule has 4 rings (SSSR count). The van der Waals surface area contributed by atoms with Crippen molar-refractivity contribution in [3.8, 4) is 17.6 Å². The standard InChI is InChI=1S/C30H33N3O3/c1-32(20-18-31)29(34)24-7-5-23(6-8-24)21-33-19-4-17-30(22-33,25-9-13-27(35-2)14-10-25)26-11-15-28(36-3)16-12-26/h5-16H,4,17,19-22H2,1-3H3. The number of piperidine rings is 1. The van der Waals surface area contributed by atoms with Crippen molar-refractivity contribution in [1.82, 2.24) is 9.80 Å². The molecule has 3 aromatic carbocycles. The molecule has 3 aromatic rings. The first-order chi connectivity index (χ1) is 17.5. The lowest BCUT2D eigenvalue weighted by Gasteiger charge is -2.44. The van der Waals surface area contributed by atoms with Crippen LogP contribution in [0.5, 0.6) is 11.5 Å². The lowest BCUT2D eigenvalue weighted by molar-refractivity contribution is 0.0812. The number of benzene rings is 3. The SMILES string of the molecule is COc1ccc(C2(c3ccc(OC)cc3)CCCN(Cc3ccc(C(=O)N(C)CC#N)cc3)C2)cc1. The third kappa shape index (κ3) is 5.37. The van der Waals surface area contributed by atoms with E-state index in [0.29, 0.717) is 5.56 Å². The summed E-state index contributed by atoms with van der Waals surface area (Å²) in [4.78, 5) is 16.4. The molecule has 1 aliphatic rings. The molecule has 0 aliphatic carbocycles. The number of carbonyl (C=O) groups is 1. The number of nitriles is 1. The van der Waals surface area contributed by atoms with Gasteiger partial charge in [0.1, 0.15) is 18.0 Å².